The molecule has 1 fully saturated rings. The van der Waals surface area contributed by atoms with E-state index in [2.05, 4.69) is 46.8 Å². The summed E-state index contributed by atoms with van der Waals surface area (Å²) in [5.41, 5.74) is 2.67. The number of hydrogen-bond acceptors (Lipinski definition) is 3. The molecule has 0 atom stereocenters. The van der Waals surface area contributed by atoms with Crippen LogP contribution in [0.1, 0.15) is 18.4 Å². The number of fused-ring (bicyclic) bond motifs is 2. The first-order valence-corrected chi connectivity index (χ1v) is 5.85. The number of rotatable bonds is 0. The molecule has 3 heteroatoms. The summed E-state index contributed by atoms with van der Waals surface area (Å²) in [6.45, 7) is 6.15. The molecule has 0 saturated carbocycles. The Kier molecular flexibility index (Phi) is 2.14. The third kappa shape index (κ3) is 1.39. The molecule has 0 amide bonds. The third-order valence-electron chi connectivity index (χ3n) is 3.58. The molecule has 3 rings (SSSR count). The van der Waals surface area contributed by atoms with Crippen molar-refractivity contribution in [2.45, 2.75) is 18.4 Å². The van der Waals surface area contributed by atoms with Crippen LogP contribution in [-0.2, 0) is 5.54 Å². The van der Waals surface area contributed by atoms with Crippen LogP contribution in [0.2, 0.25) is 0 Å². The molecular weight excluding hydrogens is 198 g/mol. The highest BCUT2D eigenvalue weighted by molar-refractivity contribution is 5.60. The molecule has 2 aliphatic heterocycles. The number of hydrogen-bond donors (Lipinski definition) is 3. The third-order valence-corrected chi connectivity index (χ3v) is 3.58. The van der Waals surface area contributed by atoms with Gasteiger partial charge in [0, 0.05) is 11.3 Å². The molecule has 84 valence electrons. The smallest absolute Gasteiger partial charge is 0.0964 e. The molecule has 1 saturated heterocycles. The van der Waals surface area contributed by atoms with Gasteiger partial charge in [0.2, 0.25) is 0 Å². The number of anilines is 1. The van der Waals surface area contributed by atoms with E-state index in [4.69, 9.17) is 0 Å². The molecule has 1 spiro atoms. The topological polar surface area (TPSA) is 36.1 Å². The highest BCUT2D eigenvalue weighted by Crippen LogP contribution is 2.39. The molecule has 0 radical (unpaired) electrons. The van der Waals surface area contributed by atoms with E-state index in [1.54, 1.807) is 0 Å². The van der Waals surface area contributed by atoms with Gasteiger partial charge in [-0.25, -0.2) is 0 Å². The molecule has 2 aliphatic rings. The van der Waals surface area contributed by atoms with Crippen LogP contribution in [0.3, 0.4) is 0 Å². The Morgan fingerprint density at radius 1 is 1.12 bits per heavy atom. The van der Waals surface area contributed by atoms with Crippen molar-refractivity contribution >= 4 is 5.69 Å². The van der Waals surface area contributed by atoms with E-state index < -0.39 is 0 Å². The van der Waals surface area contributed by atoms with Crippen molar-refractivity contribution < 1.29 is 0 Å². The molecular formula is C13H17N3. The van der Waals surface area contributed by atoms with E-state index >= 15 is 0 Å². The van der Waals surface area contributed by atoms with Crippen molar-refractivity contribution in [3.63, 3.8) is 0 Å². The van der Waals surface area contributed by atoms with E-state index in [-0.39, 0.29) is 5.54 Å². The summed E-state index contributed by atoms with van der Waals surface area (Å²) in [6, 6.07) is 8.53. The van der Waals surface area contributed by atoms with Crippen LogP contribution in [0.5, 0.6) is 0 Å². The number of nitrogens with one attached hydrogen (secondary N) is 3. The number of para-hydroxylation sites is 1. The van der Waals surface area contributed by atoms with Crippen LogP contribution in [0.25, 0.3) is 0 Å². The van der Waals surface area contributed by atoms with Gasteiger partial charge in [-0.2, -0.15) is 0 Å². The summed E-state index contributed by atoms with van der Waals surface area (Å²) in [7, 11) is 0. The second-order valence-electron chi connectivity index (χ2n) is 4.61. The Morgan fingerprint density at radius 3 is 2.69 bits per heavy atom. The maximum Gasteiger partial charge on any atom is 0.0964 e. The molecule has 16 heavy (non-hydrogen) atoms. The minimum absolute atomic E-state index is 0.0875. The fourth-order valence-electron chi connectivity index (χ4n) is 2.81. The summed E-state index contributed by atoms with van der Waals surface area (Å²) >= 11 is 0. The Morgan fingerprint density at radius 2 is 1.88 bits per heavy atom. The van der Waals surface area contributed by atoms with Crippen molar-refractivity contribution in [1.29, 1.82) is 0 Å². The van der Waals surface area contributed by atoms with Crippen LogP contribution >= 0.6 is 0 Å². The van der Waals surface area contributed by atoms with Gasteiger partial charge >= 0.3 is 0 Å². The van der Waals surface area contributed by atoms with Crippen molar-refractivity contribution in [3.05, 3.63) is 42.2 Å². The average Bonchev–Trinajstić information content (AvgIpc) is 2.30. The average molecular weight is 215 g/mol. The zero-order chi connectivity index (χ0) is 11.0. The quantitative estimate of drug-likeness (QED) is 0.617. The molecule has 0 aliphatic carbocycles. The highest BCUT2D eigenvalue weighted by atomic mass is 15.2. The first-order valence-electron chi connectivity index (χ1n) is 5.85. The van der Waals surface area contributed by atoms with Crippen molar-refractivity contribution in [1.82, 2.24) is 10.6 Å². The lowest BCUT2D eigenvalue weighted by Gasteiger charge is -2.44. The van der Waals surface area contributed by atoms with E-state index in [9.17, 15) is 0 Å². The Bertz CT molecular complexity index is 419. The molecule has 0 aromatic heterocycles. The summed E-state index contributed by atoms with van der Waals surface area (Å²) in [5.74, 6) is 0.917. The van der Waals surface area contributed by atoms with Crippen LogP contribution < -0.4 is 16.0 Å². The van der Waals surface area contributed by atoms with Gasteiger partial charge in [-0.3, -0.25) is 0 Å². The normalized spacial score (nSPS) is 22.1. The Labute approximate surface area is 95.9 Å². The zero-order valence-corrected chi connectivity index (χ0v) is 9.34. The minimum Gasteiger partial charge on any atom is -0.362 e. The van der Waals surface area contributed by atoms with Gasteiger partial charge in [0.25, 0.3) is 0 Å². The molecule has 0 bridgehead atoms. The SMILES string of the molecule is C=C1Nc2ccccc2C2(CCNCC2)N1. The van der Waals surface area contributed by atoms with Gasteiger partial charge in [0.15, 0.2) is 0 Å². The maximum atomic E-state index is 4.02. The molecule has 1 aromatic rings. The minimum atomic E-state index is 0.0875. The van der Waals surface area contributed by atoms with Gasteiger partial charge < -0.3 is 16.0 Å². The van der Waals surface area contributed by atoms with Crippen molar-refractivity contribution in [2.24, 2.45) is 0 Å². The van der Waals surface area contributed by atoms with E-state index in [0.29, 0.717) is 0 Å². The first-order chi connectivity index (χ1) is 7.80. The fourth-order valence-corrected chi connectivity index (χ4v) is 2.81. The van der Waals surface area contributed by atoms with Crippen LogP contribution in [-0.4, -0.2) is 13.1 Å². The van der Waals surface area contributed by atoms with E-state index in [0.717, 1.165) is 31.8 Å². The largest absolute Gasteiger partial charge is 0.362 e. The monoisotopic (exact) mass is 215 g/mol. The molecule has 3 nitrogen and oxygen atoms in total. The van der Waals surface area contributed by atoms with Gasteiger partial charge in [-0.1, -0.05) is 24.8 Å². The predicted octanol–water partition coefficient (Wildman–Crippen LogP) is 1.75. The van der Waals surface area contributed by atoms with Crippen molar-refractivity contribution in [3.8, 4) is 0 Å². The zero-order valence-electron chi connectivity index (χ0n) is 9.34. The lowest BCUT2D eigenvalue weighted by atomic mass is 9.79. The van der Waals surface area contributed by atoms with Gasteiger partial charge in [-0.05, 0) is 32.0 Å². The van der Waals surface area contributed by atoms with Gasteiger partial charge in [0.05, 0.1) is 11.4 Å². The Hall–Kier alpha value is -1.48. The summed E-state index contributed by atoms with van der Waals surface area (Å²) < 4.78 is 0. The highest BCUT2D eigenvalue weighted by Gasteiger charge is 2.38. The van der Waals surface area contributed by atoms with E-state index in [1.807, 2.05) is 0 Å². The van der Waals surface area contributed by atoms with Gasteiger partial charge in [0.1, 0.15) is 0 Å². The maximum absolute atomic E-state index is 4.02. The summed E-state index contributed by atoms with van der Waals surface area (Å²) in [5, 5.41) is 10.3. The fraction of sp³-hybridized carbons (Fsp3) is 0.385. The van der Waals surface area contributed by atoms with Crippen LogP contribution in [0.4, 0.5) is 5.69 Å². The van der Waals surface area contributed by atoms with Crippen LogP contribution in [0, 0.1) is 0 Å². The molecule has 1 aromatic carbocycles. The number of piperidine rings is 1. The standard InChI is InChI=1S/C13H17N3/c1-10-15-12-5-3-2-4-11(12)13(16-10)6-8-14-9-7-13/h2-5,14-16H,1,6-9H2. The molecule has 0 unspecified atom stereocenters. The lowest BCUT2D eigenvalue weighted by Crippen LogP contribution is -2.52. The molecule has 2 heterocycles. The number of benzene rings is 1. The second kappa shape index (κ2) is 3.52. The predicted molar refractivity (Wildman–Crippen MR) is 66.1 cm³/mol. The second-order valence-corrected chi connectivity index (χ2v) is 4.61. The summed E-state index contributed by atoms with van der Waals surface area (Å²) in [6.07, 6.45) is 2.23. The Balaban J connectivity index is 2.08. The van der Waals surface area contributed by atoms with Crippen molar-refractivity contribution in [2.75, 3.05) is 18.4 Å². The first kappa shape index (κ1) is 9.73. The lowest BCUT2D eigenvalue weighted by molar-refractivity contribution is 0.263. The van der Waals surface area contributed by atoms with Gasteiger partial charge in [-0.15, -0.1) is 0 Å². The summed E-state index contributed by atoms with van der Waals surface area (Å²) in [4.78, 5) is 0. The molecule has 3 N–H and O–H groups in total. The van der Waals surface area contributed by atoms with E-state index in [1.165, 1.54) is 11.3 Å². The van der Waals surface area contributed by atoms with Crippen LogP contribution in [0.15, 0.2) is 36.7 Å².